The number of ether oxygens (including phenoxy) is 2. The molecule has 108 valence electrons. The Labute approximate surface area is 118 Å². The summed E-state index contributed by atoms with van der Waals surface area (Å²) in [6.07, 6.45) is 0.822. The second-order valence-electron chi connectivity index (χ2n) is 4.47. The van der Waals surface area contributed by atoms with Crippen molar-refractivity contribution in [1.29, 1.82) is 0 Å². The van der Waals surface area contributed by atoms with Crippen LogP contribution in [0.2, 0.25) is 0 Å². The number of hydrogen-bond donors (Lipinski definition) is 1. The number of nitrogens with two attached hydrogens (primary N) is 1. The van der Waals surface area contributed by atoms with Gasteiger partial charge in [-0.25, -0.2) is 0 Å². The van der Waals surface area contributed by atoms with Crippen LogP contribution in [0.4, 0.5) is 0 Å². The first-order valence-electron chi connectivity index (χ1n) is 6.73. The van der Waals surface area contributed by atoms with Crippen molar-refractivity contribution in [3.63, 3.8) is 0 Å². The highest BCUT2D eigenvalue weighted by Gasteiger charge is 2.08. The predicted molar refractivity (Wildman–Crippen MR) is 75.9 cm³/mol. The van der Waals surface area contributed by atoms with Crippen molar-refractivity contribution in [3.8, 4) is 11.5 Å². The first-order valence-corrected chi connectivity index (χ1v) is 6.73. The van der Waals surface area contributed by atoms with Gasteiger partial charge < -0.3 is 19.7 Å². The van der Waals surface area contributed by atoms with Crippen molar-refractivity contribution < 1.29 is 14.0 Å². The zero-order valence-electron chi connectivity index (χ0n) is 11.9. The Kier molecular flexibility index (Phi) is 5.01. The Morgan fingerprint density at radius 1 is 1.20 bits per heavy atom. The molecule has 2 N–H and O–H groups in total. The third-order valence-corrected chi connectivity index (χ3v) is 2.79. The third-order valence-electron chi connectivity index (χ3n) is 2.79. The van der Waals surface area contributed by atoms with Crippen LogP contribution >= 0.6 is 0 Å². The van der Waals surface area contributed by atoms with Gasteiger partial charge in [0.15, 0.2) is 11.5 Å². The largest absolute Gasteiger partial charge is 0.490 e. The van der Waals surface area contributed by atoms with Crippen LogP contribution < -0.4 is 15.2 Å². The van der Waals surface area contributed by atoms with Gasteiger partial charge in [-0.05, 0) is 44.5 Å². The van der Waals surface area contributed by atoms with E-state index in [-0.39, 0.29) is 0 Å². The second kappa shape index (κ2) is 6.96. The van der Waals surface area contributed by atoms with Gasteiger partial charge >= 0.3 is 0 Å². The van der Waals surface area contributed by atoms with Crippen molar-refractivity contribution >= 4 is 0 Å². The minimum Gasteiger partial charge on any atom is -0.490 e. The van der Waals surface area contributed by atoms with Crippen molar-refractivity contribution in [2.24, 2.45) is 5.73 Å². The van der Waals surface area contributed by atoms with E-state index in [2.05, 4.69) is 5.16 Å². The summed E-state index contributed by atoms with van der Waals surface area (Å²) in [6.45, 7) is 5.35. The van der Waals surface area contributed by atoms with E-state index in [4.69, 9.17) is 19.7 Å². The Hall–Kier alpha value is -2.01. The fourth-order valence-electron chi connectivity index (χ4n) is 1.90. The van der Waals surface area contributed by atoms with E-state index in [1.165, 1.54) is 0 Å². The van der Waals surface area contributed by atoms with Crippen LogP contribution in [0, 0.1) is 6.92 Å². The number of aromatic nitrogens is 1. The van der Waals surface area contributed by atoms with Crippen molar-refractivity contribution in [2.75, 3.05) is 13.2 Å². The molecule has 2 aromatic rings. The normalized spacial score (nSPS) is 10.6. The third kappa shape index (κ3) is 3.74. The molecule has 0 saturated heterocycles. The lowest BCUT2D eigenvalue weighted by atomic mass is 10.1. The van der Waals surface area contributed by atoms with Gasteiger partial charge in [0.1, 0.15) is 18.1 Å². The lowest BCUT2D eigenvalue weighted by Gasteiger charge is -2.12. The van der Waals surface area contributed by atoms with Crippen LogP contribution in [0.25, 0.3) is 0 Å². The first kappa shape index (κ1) is 14.4. The molecule has 20 heavy (non-hydrogen) atoms. The summed E-state index contributed by atoms with van der Waals surface area (Å²) < 4.78 is 16.4. The van der Waals surface area contributed by atoms with Crippen LogP contribution in [0.1, 0.15) is 23.9 Å². The minimum absolute atomic E-state index is 0.355. The average molecular weight is 276 g/mol. The molecule has 0 saturated carbocycles. The van der Waals surface area contributed by atoms with Gasteiger partial charge in [0.25, 0.3) is 0 Å². The molecular formula is C15H20N2O3. The summed E-state index contributed by atoms with van der Waals surface area (Å²) in [7, 11) is 0. The van der Waals surface area contributed by atoms with Crippen LogP contribution in [-0.2, 0) is 13.0 Å². The molecule has 0 aliphatic carbocycles. The standard InChI is InChI=1S/C15H20N2O3/c1-3-18-15-9-12(6-7-16)4-5-14(15)19-10-13-8-11(2)20-17-13/h4-5,8-9H,3,6-7,10,16H2,1-2H3. The zero-order chi connectivity index (χ0) is 14.4. The number of hydrogen-bond acceptors (Lipinski definition) is 5. The summed E-state index contributed by atoms with van der Waals surface area (Å²) >= 11 is 0. The van der Waals surface area contributed by atoms with E-state index in [0.29, 0.717) is 25.5 Å². The summed E-state index contributed by atoms with van der Waals surface area (Å²) in [4.78, 5) is 0. The first-order chi connectivity index (χ1) is 9.72. The second-order valence-corrected chi connectivity index (χ2v) is 4.47. The molecule has 0 aliphatic heterocycles. The summed E-state index contributed by atoms with van der Waals surface area (Å²) in [6, 6.07) is 7.73. The van der Waals surface area contributed by atoms with Gasteiger partial charge in [-0.2, -0.15) is 0 Å². The molecule has 2 rings (SSSR count). The molecule has 0 amide bonds. The van der Waals surface area contributed by atoms with Crippen molar-refractivity contribution in [3.05, 3.63) is 41.3 Å². The van der Waals surface area contributed by atoms with Crippen molar-refractivity contribution in [2.45, 2.75) is 26.9 Å². The molecule has 0 unspecified atom stereocenters. The molecule has 1 aromatic heterocycles. The highest BCUT2D eigenvalue weighted by atomic mass is 16.5. The Morgan fingerprint density at radius 3 is 2.70 bits per heavy atom. The van der Waals surface area contributed by atoms with Crippen LogP contribution in [0.15, 0.2) is 28.8 Å². The lowest BCUT2D eigenvalue weighted by Crippen LogP contribution is -2.04. The number of benzene rings is 1. The molecular weight excluding hydrogens is 256 g/mol. The van der Waals surface area contributed by atoms with Gasteiger partial charge in [0.2, 0.25) is 0 Å². The van der Waals surface area contributed by atoms with E-state index in [0.717, 1.165) is 29.2 Å². The average Bonchev–Trinajstić information content (AvgIpc) is 2.84. The van der Waals surface area contributed by atoms with Gasteiger partial charge in [-0.1, -0.05) is 11.2 Å². The maximum absolute atomic E-state index is 5.74. The molecule has 0 atom stereocenters. The highest BCUT2D eigenvalue weighted by Crippen LogP contribution is 2.29. The fraction of sp³-hybridized carbons (Fsp3) is 0.400. The van der Waals surface area contributed by atoms with Crippen LogP contribution in [0.5, 0.6) is 11.5 Å². The maximum atomic E-state index is 5.74. The minimum atomic E-state index is 0.355. The van der Waals surface area contributed by atoms with Gasteiger partial charge in [-0.3, -0.25) is 0 Å². The molecule has 1 heterocycles. The van der Waals surface area contributed by atoms with Crippen LogP contribution in [-0.4, -0.2) is 18.3 Å². The summed E-state index contributed by atoms with van der Waals surface area (Å²) in [5.74, 6) is 2.21. The van der Waals surface area contributed by atoms with Crippen molar-refractivity contribution in [1.82, 2.24) is 5.16 Å². The SMILES string of the molecule is CCOc1cc(CCN)ccc1OCc1cc(C)on1. The van der Waals surface area contributed by atoms with E-state index in [9.17, 15) is 0 Å². The molecule has 0 bridgehead atoms. The monoisotopic (exact) mass is 276 g/mol. The van der Waals surface area contributed by atoms with E-state index in [1.807, 2.05) is 38.1 Å². The summed E-state index contributed by atoms with van der Waals surface area (Å²) in [5.41, 5.74) is 7.47. The summed E-state index contributed by atoms with van der Waals surface area (Å²) in [5, 5.41) is 3.90. The van der Waals surface area contributed by atoms with E-state index < -0.39 is 0 Å². The molecule has 0 fully saturated rings. The fourth-order valence-corrected chi connectivity index (χ4v) is 1.90. The molecule has 0 spiro atoms. The number of nitrogens with zero attached hydrogens (tertiary/aromatic N) is 1. The van der Waals surface area contributed by atoms with E-state index in [1.54, 1.807) is 0 Å². The molecule has 0 radical (unpaired) electrons. The smallest absolute Gasteiger partial charge is 0.161 e. The molecule has 5 nitrogen and oxygen atoms in total. The van der Waals surface area contributed by atoms with Gasteiger partial charge in [-0.15, -0.1) is 0 Å². The Morgan fingerprint density at radius 2 is 2.05 bits per heavy atom. The van der Waals surface area contributed by atoms with E-state index >= 15 is 0 Å². The lowest BCUT2D eigenvalue weighted by molar-refractivity contribution is 0.260. The highest BCUT2D eigenvalue weighted by molar-refractivity contribution is 5.43. The molecule has 5 heteroatoms. The number of rotatable bonds is 7. The quantitative estimate of drug-likeness (QED) is 0.841. The Bertz CT molecular complexity index is 552. The maximum Gasteiger partial charge on any atom is 0.161 e. The van der Waals surface area contributed by atoms with Crippen LogP contribution in [0.3, 0.4) is 0 Å². The zero-order valence-corrected chi connectivity index (χ0v) is 11.9. The Balaban J connectivity index is 2.09. The molecule has 1 aromatic carbocycles. The topological polar surface area (TPSA) is 70.5 Å². The van der Waals surface area contributed by atoms with Gasteiger partial charge in [0, 0.05) is 6.07 Å². The van der Waals surface area contributed by atoms with Gasteiger partial charge in [0.05, 0.1) is 6.61 Å². The molecule has 0 aliphatic rings. The number of aryl methyl sites for hydroxylation is 1. The predicted octanol–water partition coefficient (Wildman–Crippen LogP) is 2.46.